The number of carbonyl (C=O) groups excluding carboxylic acids is 1. The fourth-order valence-electron chi connectivity index (χ4n) is 3.52. The third-order valence-electron chi connectivity index (χ3n) is 5.34. The standard InChI is InChI=1S/C26H30N2O6S/c1-19(24-16-23(32-2)14-15-25(24)33-3)27-26(29)17-28(35(4,30)31)21-10-12-22(13-11-21)34-18-20-8-6-5-7-9-20/h5-16,19H,17-18H2,1-4H3,(H,27,29)/t19-/m0/s1. The highest BCUT2D eigenvalue weighted by Crippen LogP contribution is 2.29. The van der Waals surface area contributed by atoms with Crippen LogP contribution in [-0.2, 0) is 21.4 Å². The maximum absolute atomic E-state index is 12.8. The smallest absolute Gasteiger partial charge is 0.241 e. The molecule has 0 heterocycles. The van der Waals surface area contributed by atoms with E-state index >= 15 is 0 Å². The molecule has 0 aliphatic heterocycles. The molecule has 0 aromatic heterocycles. The number of amides is 1. The second-order valence-corrected chi connectivity index (χ2v) is 9.84. The number of hydrogen-bond acceptors (Lipinski definition) is 6. The fourth-order valence-corrected chi connectivity index (χ4v) is 4.38. The SMILES string of the molecule is COc1ccc(OC)c([C@H](C)NC(=O)CN(c2ccc(OCc3ccccc3)cc2)S(C)(=O)=O)c1. The Labute approximate surface area is 206 Å². The van der Waals surface area contributed by atoms with Gasteiger partial charge in [0.15, 0.2) is 0 Å². The van der Waals surface area contributed by atoms with Crippen molar-refractivity contribution in [2.45, 2.75) is 19.6 Å². The molecule has 0 saturated carbocycles. The van der Waals surface area contributed by atoms with Crippen molar-refractivity contribution in [2.75, 3.05) is 31.3 Å². The zero-order chi connectivity index (χ0) is 25.4. The second kappa shape index (κ2) is 11.6. The normalized spacial score (nSPS) is 11.9. The first kappa shape index (κ1) is 25.9. The molecule has 8 nitrogen and oxygen atoms in total. The van der Waals surface area contributed by atoms with Crippen LogP contribution in [0.3, 0.4) is 0 Å². The molecule has 0 fully saturated rings. The Kier molecular flexibility index (Phi) is 8.59. The van der Waals surface area contributed by atoms with Gasteiger partial charge >= 0.3 is 0 Å². The zero-order valence-electron chi connectivity index (χ0n) is 20.2. The molecule has 0 saturated heterocycles. The molecule has 3 aromatic carbocycles. The number of anilines is 1. The number of nitrogens with one attached hydrogen (secondary N) is 1. The van der Waals surface area contributed by atoms with Crippen LogP contribution in [0, 0.1) is 0 Å². The predicted molar refractivity (Wildman–Crippen MR) is 136 cm³/mol. The molecule has 1 amide bonds. The van der Waals surface area contributed by atoms with E-state index in [9.17, 15) is 13.2 Å². The van der Waals surface area contributed by atoms with Crippen LogP contribution in [0.25, 0.3) is 0 Å². The molecule has 3 aromatic rings. The van der Waals surface area contributed by atoms with E-state index in [1.54, 1.807) is 63.6 Å². The van der Waals surface area contributed by atoms with Gasteiger partial charge in [-0.05, 0) is 55.0 Å². The quantitative estimate of drug-likeness (QED) is 0.431. The second-order valence-electron chi connectivity index (χ2n) is 7.93. The number of ether oxygens (including phenoxy) is 3. The summed E-state index contributed by atoms with van der Waals surface area (Å²) in [4.78, 5) is 12.8. The molecule has 0 radical (unpaired) electrons. The molecule has 186 valence electrons. The predicted octanol–water partition coefficient (Wildman–Crippen LogP) is 3.93. The molecule has 9 heteroatoms. The summed E-state index contributed by atoms with van der Waals surface area (Å²) in [5, 5.41) is 2.84. The van der Waals surface area contributed by atoms with Crippen molar-refractivity contribution in [3.8, 4) is 17.2 Å². The van der Waals surface area contributed by atoms with E-state index in [1.165, 1.54) is 0 Å². The highest BCUT2D eigenvalue weighted by molar-refractivity contribution is 7.92. The monoisotopic (exact) mass is 498 g/mol. The van der Waals surface area contributed by atoms with Gasteiger partial charge in [0.2, 0.25) is 15.9 Å². The number of sulfonamides is 1. The summed E-state index contributed by atoms with van der Waals surface area (Å²) in [7, 11) is -0.626. The van der Waals surface area contributed by atoms with Crippen molar-refractivity contribution < 1.29 is 27.4 Å². The van der Waals surface area contributed by atoms with Gasteiger partial charge in [0.25, 0.3) is 0 Å². The molecule has 35 heavy (non-hydrogen) atoms. The number of hydrogen-bond donors (Lipinski definition) is 1. The van der Waals surface area contributed by atoms with Gasteiger partial charge in [-0.2, -0.15) is 0 Å². The average Bonchev–Trinajstić information content (AvgIpc) is 2.86. The van der Waals surface area contributed by atoms with Gasteiger partial charge in [-0.25, -0.2) is 8.42 Å². The summed E-state index contributed by atoms with van der Waals surface area (Å²) in [6, 6.07) is 21.1. The van der Waals surface area contributed by atoms with Crippen LogP contribution in [0.4, 0.5) is 5.69 Å². The molecular formula is C26H30N2O6S. The fraction of sp³-hybridized carbons (Fsp3) is 0.269. The van der Waals surface area contributed by atoms with Gasteiger partial charge < -0.3 is 19.5 Å². The van der Waals surface area contributed by atoms with Crippen LogP contribution in [0.2, 0.25) is 0 Å². The minimum atomic E-state index is -3.72. The van der Waals surface area contributed by atoms with E-state index in [-0.39, 0.29) is 6.54 Å². The largest absolute Gasteiger partial charge is 0.497 e. The Hall–Kier alpha value is -3.72. The van der Waals surface area contributed by atoms with Crippen molar-refractivity contribution in [2.24, 2.45) is 0 Å². The first-order valence-corrected chi connectivity index (χ1v) is 12.8. The molecule has 0 aliphatic carbocycles. The summed E-state index contributed by atoms with van der Waals surface area (Å²) < 4.78 is 42.4. The molecule has 0 spiro atoms. The zero-order valence-corrected chi connectivity index (χ0v) is 21.0. The van der Waals surface area contributed by atoms with E-state index in [4.69, 9.17) is 14.2 Å². The van der Waals surface area contributed by atoms with Crippen molar-refractivity contribution >= 4 is 21.6 Å². The van der Waals surface area contributed by atoms with Crippen molar-refractivity contribution in [1.82, 2.24) is 5.32 Å². The Bertz CT molecular complexity index is 1230. The Morgan fingerprint density at radius 1 is 0.943 bits per heavy atom. The minimum Gasteiger partial charge on any atom is -0.497 e. The lowest BCUT2D eigenvalue weighted by Gasteiger charge is -2.24. The maximum Gasteiger partial charge on any atom is 0.241 e. The molecule has 0 bridgehead atoms. The van der Waals surface area contributed by atoms with Gasteiger partial charge in [0.05, 0.1) is 32.2 Å². The van der Waals surface area contributed by atoms with Crippen LogP contribution in [0.15, 0.2) is 72.8 Å². The van der Waals surface area contributed by atoms with Crippen molar-refractivity contribution in [3.63, 3.8) is 0 Å². The number of carbonyl (C=O) groups is 1. The summed E-state index contributed by atoms with van der Waals surface area (Å²) in [5.74, 6) is 1.34. The summed E-state index contributed by atoms with van der Waals surface area (Å²) in [6.07, 6.45) is 1.06. The Balaban J connectivity index is 1.69. The molecule has 1 atom stereocenters. The van der Waals surface area contributed by atoms with E-state index in [0.717, 1.165) is 16.1 Å². The highest BCUT2D eigenvalue weighted by Gasteiger charge is 2.23. The first-order chi connectivity index (χ1) is 16.7. The lowest BCUT2D eigenvalue weighted by Crippen LogP contribution is -2.41. The first-order valence-electron chi connectivity index (χ1n) is 11.0. The number of benzene rings is 3. The van der Waals surface area contributed by atoms with Gasteiger partial charge in [-0.1, -0.05) is 30.3 Å². The topological polar surface area (TPSA) is 94.2 Å². The molecule has 0 unspecified atom stereocenters. The van der Waals surface area contributed by atoms with Gasteiger partial charge in [-0.3, -0.25) is 9.10 Å². The third kappa shape index (κ3) is 7.13. The van der Waals surface area contributed by atoms with Gasteiger partial charge in [0, 0.05) is 5.56 Å². The average molecular weight is 499 g/mol. The van der Waals surface area contributed by atoms with Crippen LogP contribution in [0.5, 0.6) is 17.2 Å². The van der Waals surface area contributed by atoms with E-state index < -0.39 is 22.0 Å². The minimum absolute atomic E-state index is 0.362. The van der Waals surface area contributed by atoms with Crippen LogP contribution < -0.4 is 23.8 Å². The lowest BCUT2D eigenvalue weighted by atomic mass is 10.1. The Morgan fingerprint density at radius 2 is 1.60 bits per heavy atom. The van der Waals surface area contributed by atoms with Crippen molar-refractivity contribution in [3.05, 3.63) is 83.9 Å². The lowest BCUT2D eigenvalue weighted by molar-refractivity contribution is -0.120. The molecule has 0 aliphatic rings. The van der Waals surface area contributed by atoms with Crippen LogP contribution in [-0.4, -0.2) is 41.3 Å². The third-order valence-corrected chi connectivity index (χ3v) is 6.48. The highest BCUT2D eigenvalue weighted by atomic mass is 32.2. The molecule has 1 N–H and O–H groups in total. The van der Waals surface area contributed by atoms with Crippen molar-refractivity contribution in [1.29, 1.82) is 0 Å². The van der Waals surface area contributed by atoms with E-state index in [2.05, 4.69) is 5.32 Å². The van der Waals surface area contributed by atoms with E-state index in [0.29, 0.717) is 35.1 Å². The van der Waals surface area contributed by atoms with Crippen LogP contribution in [0.1, 0.15) is 24.1 Å². The number of methoxy groups -OCH3 is 2. The summed E-state index contributed by atoms with van der Waals surface area (Å²) >= 11 is 0. The Morgan fingerprint density at radius 3 is 2.20 bits per heavy atom. The molecule has 3 rings (SSSR count). The molecular weight excluding hydrogens is 468 g/mol. The summed E-state index contributed by atoms with van der Waals surface area (Å²) in [6.45, 7) is 1.81. The number of rotatable bonds is 11. The summed E-state index contributed by atoms with van der Waals surface area (Å²) in [5.41, 5.74) is 2.10. The van der Waals surface area contributed by atoms with Gasteiger partial charge in [0.1, 0.15) is 30.4 Å². The van der Waals surface area contributed by atoms with Crippen LogP contribution >= 0.6 is 0 Å². The van der Waals surface area contributed by atoms with Gasteiger partial charge in [-0.15, -0.1) is 0 Å². The maximum atomic E-state index is 12.8. The van der Waals surface area contributed by atoms with E-state index in [1.807, 2.05) is 30.3 Å². The number of nitrogens with zero attached hydrogens (tertiary/aromatic N) is 1.